The van der Waals surface area contributed by atoms with E-state index in [2.05, 4.69) is 32.2 Å². The third-order valence-corrected chi connectivity index (χ3v) is 2.86. The van der Waals surface area contributed by atoms with Crippen molar-refractivity contribution in [2.45, 2.75) is 19.9 Å². The van der Waals surface area contributed by atoms with Crippen molar-refractivity contribution in [2.75, 3.05) is 20.6 Å². The van der Waals surface area contributed by atoms with E-state index in [9.17, 15) is 0 Å². The van der Waals surface area contributed by atoms with E-state index in [-0.39, 0.29) is 0 Å². The van der Waals surface area contributed by atoms with Gasteiger partial charge in [0, 0.05) is 12.6 Å². The maximum Gasteiger partial charge on any atom is 0.119 e. The Kier molecular flexibility index (Phi) is 1.55. The number of hydrogen-bond acceptors (Lipinski definition) is 0. The smallest absolute Gasteiger partial charge is 0.119 e. The van der Waals surface area contributed by atoms with Gasteiger partial charge in [0.2, 0.25) is 0 Å². The Morgan fingerprint density at radius 3 is 2.92 bits per heavy atom. The Morgan fingerprint density at radius 1 is 1.42 bits per heavy atom. The van der Waals surface area contributed by atoms with Gasteiger partial charge in [0.25, 0.3) is 0 Å². The number of aromatic amines is 1. The highest BCUT2D eigenvalue weighted by atomic mass is 15.3. The average Bonchev–Trinajstić information content (AvgIpc) is 2.30. The van der Waals surface area contributed by atoms with Crippen molar-refractivity contribution >= 4 is 0 Å². The van der Waals surface area contributed by atoms with Crippen LogP contribution in [-0.4, -0.2) is 30.1 Å². The van der Waals surface area contributed by atoms with Crippen LogP contribution in [0.4, 0.5) is 0 Å². The summed E-state index contributed by atoms with van der Waals surface area (Å²) in [5, 5.41) is 0. The van der Waals surface area contributed by atoms with E-state index in [4.69, 9.17) is 0 Å². The zero-order chi connectivity index (χ0) is 8.77. The van der Waals surface area contributed by atoms with Crippen LogP contribution in [0.5, 0.6) is 0 Å². The normalized spacial score (nSPS) is 20.6. The standard InChI is InChI=1S/C10H17N2/c1-8-6-11-10-7-12(2,3)5-4-9(8)10/h6,11H,4-5,7H2,1-3H3/q+1. The van der Waals surface area contributed by atoms with Crippen molar-refractivity contribution in [1.29, 1.82) is 0 Å². The molecule has 66 valence electrons. The van der Waals surface area contributed by atoms with E-state index in [0.717, 1.165) is 11.0 Å². The van der Waals surface area contributed by atoms with Gasteiger partial charge in [-0.2, -0.15) is 0 Å². The maximum atomic E-state index is 3.37. The molecule has 0 fully saturated rings. The summed E-state index contributed by atoms with van der Waals surface area (Å²) in [6.45, 7) is 4.62. The molecule has 0 saturated carbocycles. The number of rotatable bonds is 0. The average molecular weight is 165 g/mol. The van der Waals surface area contributed by atoms with Crippen LogP contribution < -0.4 is 0 Å². The number of nitrogens with zero attached hydrogens (tertiary/aromatic N) is 1. The van der Waals surface area contributed by atoms with E-state index in [1.165, 1.54) is 24.2 Å². The minimum Gasteiger partial charge on any atom is -0.360 e. The maximum absolute atomic E-state index is 3.37. The van der Waals surface area contributed by atoms with E-state index in [1.807, 2.05) is 0 Å². The van der Waals surface area contributed by atoms with E-state index < -0.39 is 0 Å². The van der Waals surface area contributed by atoms with Gasteiger partial charge in [0.15, 0.2) is 0 Å². The lowest BCUT2D eigenvalue weighted by Gasteiger charge is -2.33. The molecule has 2 heterocycles. The quantitative estimate of drug-likeness (QED) is 0.560. The minimum absolute atomic E-state index is 1.12. The lowest BCUT2D eigenvalue weighted by molar-refractivity contribution is -0.905. The van der Waals surface area contributed by atoms with Gasteiger partial charge in [0.05, 0.1) is 26.3 Å². The summed E-state index contributed by atoms with van der Waals surface area (Å²) >= 11 is 0. The number of nitrogens with one attached hydrogen (secondary N) is 1. The molecule has 1 N–H and O–H groups in total. The number of likely N-dealkylation sites (N-methyl/N-ethyl adjacent to an activating group) is 1. The second-order valence-corrected chi connectivity index (χ2v) is 4.50. The first-order chi connectivity index (χ1) is 5.58. The second-order valence-electron chi connectivity index (χ2n) is 4.50. The molecule has 1 aromatic heterocycles. The minimum atomic E-state index is 1.12. The first kappa shape index (κ1) is 7.87. The molecule has 1 aliphatic rings. The molecule has 2 heteroatoms. The zero-order valence-corrected chi connectivity index (χ0v) is 8.15. The highest BCUT2D eigenvalue weighted by Crippen LogP contribution is 2.23. The lowest BCUT2D eigenvalue weighted by Crippen LogP contribution is -2.43. The van der Waals surface area contributed by atoms with E-state index in [1.54, 1.807) is 5.56 Å². The van der Waals surface area contributed by atoms with E-state index in [0.29, 0.717) is 0 Å². The molecule has 2 nitrogen and oxygen atoms in total. The summed E-state index contributed by atoms with van der Waals surface area (Å²) in [7, 11) is 4.58. The molecule has 0 saturated heterocycles. The first-order valence-electron chi connectivity index (χ1n) is 4.56. The molecule has 0 aromatic carbocycles. The number of fused-ring (bicyclic) bond motifs is 1. The van der Waals surface area contributed by atoms with Crippen molar-refractivity contribution in [3.05, 3.63) is 23.0 Å². The fraction of sp³-hybridized carbons (Fsp3) is 0.600. The van der Waals surface area contributed by atoms with Gasteiger partial charge in [-0.3, -0.25) is 0 Å². The Bertz CT molecular complexity index is 297. The summed E-state index contributed by atoms with van der Waals surface area (Å²) in [5.74, 6) is 0. The van der Waals surface area contributed by atoms with Crippen molar-refractivity contribution < 1.29 is 4.48 Å². The van der Waals surface area contributed by atoms with Crippen LogP contribution in [0.2, 0.25) is 0 Å². The zero-order valence-electron chi connectivity index (χ0n) is 8.15. The summed E-state index contributed by atoms with van der Waals surface area (Å²) in [4.78, 5) is 3.37. The van der Waals surface area contributed by atoms with Crippen LogP contribution in [-0.2, 0) is 13.0 Å². The fourth-order valence-electron chi connectivity index (χ4n) is 2.02. The first-order valence-corrected chi connectivity index (χ1v) is 4.56. The Morgan fingerprint density at radius 2 is 2.17 bits per heavy atom. The van der Waals surface area contributed by atoms with Crippen LogP contribution in [0.25, 0.3) is 0 Å². The van der Waals surface area contributed by atoms with Crippen molar-refractivity contribution in [2.24, 2.45) is 0 Å². The summed E-state index contributed by atoms with van der Waals surface area (Å²) in [5.41, 5.74) is 4.45. The lowest BCUT2D eigenvalue weighted by atomic mass is 10.0. The molecular weight excluding hydrogens is 148 g/mol. The summed E-state index contributed by atoms with van der Waals surface area (Å²) < 4.78 is 1.12. The molecule has 12 heavy (non-hydrogen) atoms. The Balaban J connectivity index is 2.37. The third-order valence-electron chi connectivity index (χ3n) is 2.86. The summed E-state index contributed by atoms with van der Waals surface area (Å²) in [6, 6.07) is 0. The number of aromatic nitrogens is 1. The summed E-state index contributed by atoms with van der Waals surface area (Å²) in [6.07, 6.45) is 3.37. The van der Waals surface area contributed by atoms with Crippen molar-refractivity contribution in [3.63, 3.8) is 0 Å². The van der Waals surface area contributed by atoms with Crippen LogP contribution in [0.15, 0.2) is 6.20 Å². The number of quaternary nitrogens is 1. The monoisotopic (exact) mass is 165 g/mol. The molecule has 0 atom stereocenters. The molecule has 0 unspecified atom stereocenters. The molecule has 0 aliphatic carbocycles. The molecule has 0 amide bonds. The number of hydrogen-bond donors (Lipinski definition) is 1. The third kappa shape index (κ3) is 1.16. The van der Waals surface area contributed by atoms with Gasteiger partial charge in [-0.15, -0.1) is 0 Å². The number of aryl methyl sites for hydroxylation is 1. The Labute approximate surface area is 73.8 Å². The molecule has 2 rings (SSSR count). The van der Waals surface area contributed by atoms with Gasteiger partial charge < -0.3 is 9.47 Å². The molecule has 0 bridgehead atoms. The largest absolute Gasteiger partial charge is 0.360 e. The van der Waals surface area contributed by atoms with Gasteiger partial charge in [-0.25, -0.2) is 0 Å². The molecule has 1 aromatic rings. The van der Waals surface area contributed by atoms with Crippen LogP contribution in [0.3, 0.4) is 0 Å². The highest BCUT2D eigenvalue weighted by Gasteiger charge is 2.25. The molecular formula is C10H17N2+. The van der Waals surface area contributed by atoms with Gasteiger partial charge in [0.1, 0.15) is 6.54 Å². The fourth-order valence-corrected chi connectivity index (χ4v) is 2.02. The Hall–Kier alpha value is -0.760. The van der Waals surface area contributed by atoms with Crippen LogP contribution in [0.1, 0.15) is 16.8 Å². The van der Waals surface area contributed by atoms with Gasteiger partial charge >= 0.3 is 0 Å². The van der Waals surface area contributed by atoms with Crippen LogP contribution >= 0.6 is 0 Å². The predicted molar refractivity (Wildman–Crippen MR) is 49.9 cm³/mol. The predicted octanol–water partition coefficient (Wildman–Crippen LogP) is 1.46. The highest BCUT2D eigenvalue weighted by molar-refractivity contribution is 5.30. The van der Waals surface area contributed by atoms with E-state index >= 15 is 0 Å². The van der Waals surface area contributed by atoms with Gasteiger partial charge in [-0.05, 0) is 18.1 Å². The van der Waals surface area contributed by atoms with Crippen molar-refractivity contribution in [1.82, 2.24) is 4.98 Å². The molecule has 1 aliphatic heterocycles. The van der Waals surface area contributed by atoms with Crippen LogP contribution in [0, 0.1) is 6.92 Å². The van der Waals surface area contributed by atoms with Crippen molar-refractivity contribution in [3.8, 4) is 0 Å². The topological polar surface area (TPSA) is 15.8 Å². The SMILES string of the molecule is Cc1c[nH]c2c1CC[N+](C)(C)C2. The second kappa shape index (κ2) is 2.36. The molecule has 0 spiro atoms. The van der Waals surface area contributed by atoms with Gasteiger partial charge in [-0.1, -0.05) is 0 Å². The molecule has 0 radical (unpaired) electrons. The number of H-pyrrole nitrogens is 1.